The van der Waals surface area contributed by atoms with Crippen molar-refractivity contribution in [3.05, 3.63) is 0 Å². The second kappa shape index (κ2) is 3.43. The number of methoxy groups -OCH3 is 1. The number of nitrogens with zero attached hydrogens (tertiary/aromatic N) is 1. The summed E-state index contributed by atoms with van der Waals surface area (Å²) in [6.07, 6.45) is 0. The Kier molecular flexibility index (Phi) is 2.77. The lowest BCUT2D eigenvalue weighted by Gasteiger charge is -2.37. The van der Waals surface area contributed by atoms with Gasteiger partial charge in [0.05, 0.1) is 20.2 Å². The zero-order valence-corrected chi connectivity index (χ0v) is 8.18. The fourth-order valence-corrected chi connectivity index (χ4v) is 2.33. The molecule has 1 aliphatic rings. The number of ether oxygens (including phenoxy) is 1. The van der Waals surface area contributed by atoms with Gasteiger partial charge in [0.15, 0.2) is 5.75 Å². The summed E-state index contributed by atoms with van der Waals surface area (Å²) in [6, 6.07) is 0. The van der Waals surface area contributed by atoms with E-state index in [2.05, 4.69) is 4.74 Å². The molecule has 0 atom stereocenters. The lowest BCUT2D eigenvalue weighted by molar-refractivity contribution is -0.137. The Balaban J connectivity index is 2.57. The highest BCUT2D eigenvalue weighted by molar-refractivity contribution is 7.89. The number of esters is 1. The summed E-state index contributed by atoms with van der Waals surface area (Å²) in [7, 11) is -2.90. The molecule has 0 unspecified atom stereocenters. The van der Waals surface area contributed by atoms with Gasteiger partial charge >= 0.3 is 5.97 Å². The number of alkyl halides is 2. The van der Waals surface area contributed by atoms with Gasteiger partial charge in [-0.25, -0.2) is 17.2 Å². The van der Waals surface area contributed by atoms with Crippen LogP contribution < -0.4 is 0 Å². The molecule has 0 aromatic heterocycles. The maximum Gasteiger partial charge on any atom is 0.322 e. The zero-order chi connectivity index (χ0) is 11.0. The summed E-state index contributed by atoms with van der Waals surface area (Å²) < 4.78 is 51.6. The van der Waals surface area contributed by atoms with Crippen molar-refractivity contribution >= 4 is 16.0 Å². The molecule has 0 aromatic rings. The highest BCUT2D eigenvalue weighted by Gasteiger charge is 2.49. The molecule has 1 fully saturated rings. The number of hydrogen-bond acceptors (Lipinski definition) is 4. The van der Waals surface area contributed by atoms with Crippen LogP contribution >= 0.6 is 0 Å². The third-order valence-electron chi connectivity index (χ3n) is 1.74. The van der Waals surface area contributed by atoms with E-state index in [1.807, 2.05) is 0 Å². The van der Waals surface area contributed by atoms with Crippen molar-refractivity contribution in [3.8, 4) is 0 Å². The van der Waals surface area contributed by atoms with E-state index in [-0.39, 0.29) is 0 Å². The van der Waals surface area contributed by atoms with Crippen LogP contribution in [0, 0.1) is 0 Å². The second-order valence-electron chi connectivity index (χ2n) is 2.96. The molecule has 1 heterocycles. The predicted molar refractivity (Wildman–Crippen MR) is 42.3 cm³/mol. The van der Waals surface area contributed by atoms with Gasteiger partial charge in [0.2, 0.25) is 10.0 Å². The van der Waals surface area contributed by atoms with E-state index in [0.29, 0.717) is 4.31 Å². The molecular weight excluding hydrogens is 220 g/mol. The highest BCUT2D eigenvalue weighted by atomic mass is 32.2. The van der Waals surface area contributed by atoms with Crippen LogP contribution in [-0.4, -0.2) is 50.6 Å². The smallest absolute Gasteiger partial charge is 0.322 e. The molecule has 82 valence electrons. The highest BCUT2D eigenvalue weighted by Crippen LogP contribution is 2.29. The average molecular weight is 229 g/mol. The molecule has 8 heteroatoms. The first kappa shape index (κ1) is 11.3. The van der Waals surface area contributed by atoms with Crippen LogP contribution in [0.2, 0.25) is 0 Å². The maximum absolute atomic E-state index is 12.3. The van der Waals surface area contributed by atoms with E-state index in [9.17, 15) is 22.0 Å². The van der Waals surface area contributed by atoms with E-state index in [4.69, 9.17) is 0 Å². The van der Waals surface area contributed by atoms with Crippen molar-refractivity contribution in [1.82, 2.24) is 4.31 Å². The Bertz CT molecular complexity index is 332. The molecule has 0 amide bonds. The van der Waals surface area contributed by atoms with Crippen LogP contribution in [0.1, 0.15) is 0 Å². The molecule has 0 spiro atoms. The first-order valence-electron chi connectivity index (χ1n) is 3.69. The summed E-state index contributed by atoms with van der Waals surface area (Å²) in [5, 5.41) is 0. The van der Waals surface area contributed by atoms with E-state index in [1.165, 1.54) is 0 Å². The summed E-state index contributed by atoms with van der Waals surface area (Å²) >= 11 is 0. The second-order valence-corrected chi connectivity index (χ2v) is 4.93. The molecule has 1 saturated heterocycles. The minimum absolute atomic E-state index is 0.559. The van der Waals surface area contributed by atoms with Crippen molar-refractivity contribution in [2.75, 3.05) is 26.0 Å². The number of carbonyl (C=O) groups is 1. The molecular formula is C6H9F2NO4S. The van der Waals surface area contributed by atoms with Gasteiger partial charge in [-0.15, -0.1) is 0 Å². The molecule has 0 saturated carbocycles. The molecule has 0 aromatic carbocycles. The molecule has 0 aliphatic carbocycles. The Morgan fingerprint density at radius 2 is 2.00 bits per heavy atom. The fourth-order valence-electron chi connectivity index (χ4n) is 0.966. The lowest BCUT2D eigenvalue weighted by Crippen LogP contribution is -2.59. The van der Waals surface area contributed by atoms with Gasteiger partial charge < -0.3 is 4.74 Å². The third kappa shape index (κ3) is 2.38. The summed E-state index contributed by atoms with van der Waals surface area (Å²) in [5.41, 5.74) is 0. The Labute approximate surface area is 79.7 Å². The van der Waals surface area contributed by atoms with Crippen LogP contribution in [0.5, 0.6) is 0 Å². The van der Waals surface area contributed by atoms with Gasteiger partial charge in [-0.05, 0) is 0 Å². The molecule has 1 rings (SSSR count). The average Bonchev–Trinajstić information content (AvgIpc) is 1.99. The van der Waals surface area contributed by atoms with E-state index < -0.39 is 40.8 Å². The van der Waals surface area contributed by atoms with Crippen molar-refractivity contribution in [3.63, 3.8) is 0 Å². The first-order valence-corrected chi connectivity index (χ1v) is 5.30. The molecule has 0 bridgehead atoms. The zero-order valence-electron chi connectivity index (χ0n) is 7.37. The summed E-state index contributed by atoms with van der Waals surface area (Å²) in [6.45, 7) is -1.71. The van der Waals surface area contributed by atoms with Crippen molar-refractivity contribution < 1.29 is 26.7 Å². The SMILES string of the molecule is COC(=O)CS(=O)(=O)N1CC(F)(F)C1. The quantitative estimate of drug-likeness (QED) is 0.608. The fraction of sp³-hybridized carbons (Fsp3) is 0.833. The van der Waals surface area contributed by atoms with Crippen molar-refractivity contribution in [2.45, 2.75) is 5.92 Å². The Morgan fingerprint density at radius 1 is 1.50 bits per heavy atom. The van der Waals surface area contributed by atoms with Crippen LogP contribution in [-0.2, 0) is 19.6 Å². The summed E-state index contributed by atoms with van der Waals surface area (Å²) in [5.74, 6) is -4.82. The van der Waals surface area contributed by atoms with Gasteiger partial charge in [0, 0.05) is 0 Å². The van der Waals surface area contributed by atoms with Gasteiger partial charge in [0.25, 0.3) is 5.92 Å². The number of halogens is 2. The van der Waals surface area contributed by atoms with Gasteiger partial charge in [-0.3, -0.25) is 4.79 Å². The molecule has 14 heavy (non-hydrogen) atoms. The van der Waals surface area contributed by atoms with Crippen LogP contribution in [0.15, 0.2) is 0 Å². The summed E-state index contributed by atoms with van der Waals surface area (Å²) in [4.78, 5) is 10.6. The van der Waals surface area contributed by atoms with Crippen molar-refractivity contribution in [1.29, 1.82) is 0 Å². The maximum atomic E-state index is 12.3. The molecule has 1 aliphatic heterocycles. The predicted octanol–water partition coefficient (Wildman–Crippen LogP) is -0.560. The van der Waals surface area contributed by atoms with Crippen LogP contribution in [0.25, 0.3) is 0 Å². The topological polar surface area (TPSA) is 63.7 Å². The van der Waals surface area contributed by atoms with Gasteiger partial charge in [0.1, 0.15) is 0 Å². The van der Waals surface area contributed by atoms with Gasteiger partial charge in [-0.2, -0.15) is 4.31 Å². The molecule has 0 radical (unpaired) electrons. The number of carbonyl (C=O) groups excluding carboxylic acids is 1. The van der Waals surface area contributed by atoms with Crippen LogP contribution in [0.4, 0.5) is 8.78 Å². The number of rotatable bonds is 3. The van der Waals surface area contributed by atoms with Gasteiger partial charge in [-0.1, -0.05) is 0 Å². The first-order chi connectivity index (χ1) is 6.27. The monoisotopic (exact) mass is 229 g/mol. The van der Waals surface area contributed by atoms with Crippen molar-refractivity contribution in [2.24, 2.45) is 0 Å². The van der Waals surface area contributed by atoms with E-state index >= 15 is 0 Å². The van der Waals surface area contributed by atoms with E-state index in [1.54, 1.807) is 0 Å². The minimum atomic E-state index is -3.93. The number of sulfonamides is 1. The third-order valence-corrected chi connectivity index (χ3v) is 3.38. The molecule has 5 nitrogen and oxygen atoms in total. The Morgan fingerprint density at radius 3 is 2.36 bits per heavy atom. The molecule has 0 N–H and O–H groups in total. The lowest BCUT2D eigenvalue weighted by atomic mass is 10.2. The normalized spacial score (nSPS) is 21.4. The Hall–Kier alpha value is -0.760. The standard InChI is InChI=1S/C6H9F2NO4S/c1-13-5(10)2-14(11,12)9-3-6(7,8)4-9/h2-4H2,1H3. The largest absolute Gasteiger partial charge is 0.468 e. The minimum Gasteiger partial charge on any atom is -0.468 e. The number of hydrogen-bond donors (Lipinski definition) is 0. The van der Waals surface area contributed by atoms with Crippen LogP contribution in [0.3, 0.4) is 0 Å². The van der Waals surface area contributed by atoms with E-state index in [0.717, 1.165) is 7.11 Å².